The van der Waals surface area contributed by atoms with Crippen molar-refractivity contribution >= 4 is 33.8 Å². The van der Waals surface area contributed by atoms with Gasteiger partial charge in [0.15, 0.2) is 5.82 Å². The lowest BCUT2D eigenvalue weighted by atomic mass is 10.1. The molecule has 0 radical (unpaired) electrons. The fourth-order valence-electron chi connectivity index (χ4n) is 3.91. The van der Waals surface area contributed by atoms with Crippen molar-refractivity contribution < 1.29 is 9.63 Å². The van der Waals surface area contributed by atoms with E-state index in [0.717, 1.165) is 60.0 Å². The van der Waals surface area contributed by atoms with Crippen LogP contribution in [0.5, 0.6) is 0 Å². The fraction of sp³-hybridized carbons (Fsp3) is 0.500. The Morgan fingerprint density at radius 2 is 2.07 bits per heavy atom. The lowest BCUT2D eigenvalue weighted by molar-refractivity contribution is -0.114. The van der Waals surface area contributed by atoms with E-state index in [9.17, 15) is 4.79 Å². The van der Waals surface area contributed by atoms with E-state index in [-0.39, 0.29) is 12.1 Å². The van der Waals surface area contributed by atoms with Gasteiger partial charge in [0.25, 0.3) is 0 Å². The number of nitrogens with zero attached hydrogens (tertiary/aromatic N) is 4. The molecule has 2 heterocycles. The van der Waals surface area contributed by atoms with Gasteiger partial charge in [0, 0.05) is 24.9 Å². The number of pyridine rings is 1. The van der Waals surface area contributed by atoms with E-state index < -0.39 is 0 Å². The third-order valence-electron chi connectivity index (χ3n) is 5.29. The zero-order valence-electron chi connectivity index (χ0n) is 18.3. The van der Waals surface area contributed by atoms with Crippen LogP contribution in [0.2, 0.25) is 0 Å². The Bertz CT molecular complexity index is 1020. The number of aromatic nitrogens is 3. The number of aryl methyl sites for hydroxylation is 2. The molecule has 30 heavy (non-hydrogen) atoms. The molecule has 0 aliphatic carbocycles. The van der Waals surface area contributed by atoms with Crippen molar-refractivity contribution in [3.05, 3.63) is 30.1 Å². The van der Waals surface area contributed by atoms with Crippen LogP contribution in [-0.4, -0.2) is 45.3 Å². The Morgan fingerprint density at radius 3 is 2.77 bits per heavy atom. The first-order valence-corrected chi connectivity index (χ1v) is 10.7. The summed E-state index contributed by atoms with van der Waals surface area (Å²) in [5.41, 5.74) is 8.93. The molecular formula is C22H32N6O2. The minimum Gasteiger partial charge on any atom is -0.382 e. The number of imidazole rings is 1. The first-order valence-electron chi connectivity index (χ1n) is 10.7. The molecule has 0 aliphatic rings. The lowest BCUT2D eigenvalue weighted by Crippen LogP contribution is -2.44. The average molecular weight is 413 g/mol. The maximum Gasteiger partial charge on any atom is 0.341 e. The molecule has 0 spiro atoms. The molecule has 162 valence electrons. The summed E-state index contributed by atoms with van der Waals surface area (Å²) in [7, 11) is 1.52. The van der Waals surface area contributed by atoms with Crippen LogP contribution in [0.3, 0.4) is 0 Å². The summed E-state index contributed by atoms with van der Waals surface area (Å²) < 4.78 is 2.27. The first kappa shape index (κ1) is 21.8. The van der Waals surface area contributed by atoms with Gasteiger partial charge in [-0.3, -0.25) is 4.84 Å². The summed E-state index contributed by atoms with van der Waals surface area (Å²) in [5, 5.41) is 5.25. The van der Waals surface area contributed by atoms with Gasteiger partial charge in [0.05, 0.1) is 24.2 Å². The number of para-hydroxylation sites is 1. The van der Waals surface area contributed by atoms with Crippen molar-refractivity contribution in [3.8, 4) is 0 Å². The van der Waals surface area contributed by atoms with Crippen molar-refractivity contribution in [2.24, 2.45) is 0 Å². The largest absolute Gasteiger partial charge is 0.382 e. The number of amides is 2. The lowest BCUT2D eigenvalue weighted by Gasteiger charge is -2.26. The molecule has 0 fully saturated rings. The van der Waals surface area contributed by atoms with Crippen LogP contribution in [0.25, 0.3) is 21.9 Å². The molecule has 8 heteroatoms. The minimum absolute atomic E-state index is 0.0468. The number of hydrogen-bond donors (Lipinski definition) is 2. The Morgan fingerprint density at radius 1 is 1.30 bits per heavy atom. The Kier molecular flexibility index (Phi) is 7.10. The number of nitrogens with one attached hydrogen (secondary N) is 1. The van der Waals surface area contributed by atoms with Gasteiger partial charge in [-0.25, -0.2) is 19.8 Å². The van der Waals surface area contributed by atoms with Gasteiger partial charge >= 0.3 is 6.03 Å². The van der Waals surface area contributed by atoms with Crippen LogP contribution >= 0.6 is 0 Å². The molecule has 3 N–H and O–H groups in total. The third kappa shape index (κ3) is 4.33. The maximum absolute atomic E-state index is 12.2. The molecule has 2 aromatic heterocycles. The number of hydrogen-bond acceptors (Lipinski definition) is 5. The van der Waals surface area contributed by atoms with Crippen molar-refractivity contribution in [3.63, 3.8) is 0 Å². The molecular weight excluding hydrogens is 380 g/mol. The molecule has 0 saturated heterocycles. The van der Waals surface area contributed by atoms with Gasteiger partial charge in [0.1, 0.15) is 11.3 Å². The van der Waals surface area contributed by atoms with E-state index in [4.69, 9.17) is 15.6 Å². The van der Waals surface area contributed by atoms with Gasteiger partial charge in [-0.05, 0) is 39.2 Å². The number of nitrogens with two attached hydrogens (primary N) is 1. The number of carbonyl (C=O) groups is 1. The number of rotatable bonds is 9. The van der Waals surface area contributed by atoms with E-state index in [1.54, 1.807) is 0 Å². The van der Waals surface area contributed by atoms with Crippen molar-refractivity contribution in [1.82, 2.24) is 24.9 Å². The topological polar surface area (TPSA) is 98.3 Å². The monoisotopic (exact) mass is 412 g/mol. The van der Waals surface area contributed by atoms with Gasteiger partial charge < -0.3 is 15.6 Å². The normalized spacial score (nSPS) is 12.4. The van der Waals surface area contributed by atoms with E-state index in [1.807, 2.05) is 32.0 Å². The number of nitrogen functional groups attached to an aromatic ring is 1. The molecule has 1 unspecified atom stereocenters. The Labute approximate surface area is 177 Å². The maximum atomic E-state index is 12.2. The van der Waals surface area contributed by atoms with Crippen molar-refractivity contribution in [2.75, 3.05) is 19.4 Å². The van der Waals surface area contributed by atoms with Crippen LogP contribution in [0, 0.1) is 0 Å². The van der Waals surface area contributed by atoms with Crippen LogP contribution in [0.15, 0.2) is 24.3 Å². The molecule has 8 nitrogen and oxygen atoms in total. The van der Waals surface area contributed by atoms with Gasteiger partial charge in [-0.2, -0.15) is 0 Å². The van der Waals surface area contributed by atoms with Gasteiger partial charge in [-0.15, -0.1) is 0 Å². The molecule has 0 saturated carbocycles. The Hall–Kier alpha value is -2.87. The van der Waals surface area contributed by atoms with Crippen molar-refractivity contribution in [2.45, 2.75) is 59.0 Å². The predicted molar refractivity (Wildman–Crippen MR) is 120 cm³/mol. The third-order valence-corrected chi connectivity index (χ3v) is 5.29. The molecule has 2 amide bonds. The highest BCUT2D eigenvalue weighted by Gasteiger charge is 2.21. The van der Waals surface area contributed by atoms with Crippen LogP contribution in [-0.2, 0) is 17.8 Å². The van der Waals surface area contributed by atoms with E-state index >= 15 is 0 Å². The summed E-state index contributed by atoms with van der Waals surface area (Å²) in [6.07, 6.45) is 3.55. The zero-order chi connectivity index (χ0) is 21.7. The summed E-state index contributed by atoms with van der Waals surface area (Å²) in [6, 6.07) is 7.78. The van der Waals surface area contributed by atoms with E-state index in [2.05, 4.69) is 27.9 Å². The number of fused-ring (bicyclic) bond motifs is 3. The fourth-order valence-corrected chi connectivity index (χ4v) is 3.91. The number of anilines is 1. The second kappa shape index (κ2) is 9.75. The summed E-state index contributed by atoms with van der Waals surface area (Å²) >= 11 is 0. The average Bonchev–Trinajstić information content (AvgIpc) is 3.08. The first-order chi connectivity index (χ1) is 14.5. The second-order valence-corrected chi connectivity index (χ2v) is 7.48. The Balaban J connectivity index is 1.88. The van der Waals surface area contributed by atoms with Crippen LogP contribution < -0.4 is 11.1 Å². The number of hydroxylamine groups is 2. The van der Waals surface area contributed by atoms with Crippen LogP contribution in [0.1, 0.15) is 45.9 Å². The number of carbonyl (C=O) groups excluding carboxylic acids is 1. The number of benzene rings is 1. The summed E-state index contributed by atoms with van der Waals surface area (Å²) in [5.74, 6) is 1.49. The molecule has 0 aliphatic heterocycles. The SMILES string of the molecule is CCCc1nc2c(N)nc3ccccc3c2n1CCCC(C)N(OC)C(=O)NCC. The van der Waals surface area contributed by atoms with Gasteiger partial charge in [0.2, 0.25) is 0 Å². The molecule has 1 aromatic carbocycles. The molecule has 3 rings (SSSR count). The minimum atomic E-state index is -0.211. The number of urea groups is 1. The smallest absolute Gasteiger partial charge is 0.341 e. The standard InChI is InChI=1S/C22H32N6O2/c1-5-10-18-26-19-20(16-12-7-8-13-17(16)25-21(19)23)27(18)14-9-11-15(3)28(30-4)22(29)24-6-2/h7-8,12-13,15H,5-6,9-11,14H2,1-4H3,(H2,23,25)(H,24,29). The molecule has 3 aromatic rings. The second-order valence-electron chi connectivity index (χ2n) is 7.48. The zero-order valence-corrected chi connectivity index (χ0v) is 18.3. The van der Waals surface area contributed by atoms with E-state index in [1.165, 1.54) is 12.2 Å². The highest BCUT2D eigenvalue weighted by atomic mass is 16.7. The summed E-state index contributed by atoms with van der Waals surface area (Å²) in [4.78, 5) is 26.8. The highest BCUT2D eigenvalue weighted by molar-refractivity contribution is 6.06. The van der Waals surface area contributed by atoms with E-state index in [0.29, 0.717) is 12.4 Å². The predicted octanol–water partition coefficient (Wildman–Crippen LogP) is 3.88. The highest BCUT2D eigenvalue weighted by Crippen LogP contribution is 2.29. The summed E-state index contributed by atoms with van der Waals surface area (Å²) in [6.45, 7) is 7.38. The van der Waals surface area contributed by atoms with Gasteiger partial charge in [-0.1, -0.05) is 25.1 Å². The quantitative estimate of drug-likeness (QED) is 0.520. The van der Waals surface area contributed by atoms with Crippen LogP contribution in [0.4, 0.5) is 10.6 Å². The molecule has 1 atom stereocenters. The van der Waals surface area contributed by atoms with Crippen molar-refractivity contribution in [1.29, 1.82) is 0 Å². The molecule has 0 bridgehead atoms.